The van der Waals surface area contributed by atoms with Crippen molar-refractivity contribution in [1.82, 2.24) is 10.5 Å². The van der Waals surface area contributed by atoms with Crippen molar-refractivity contribution in [2.75, 3.05) is 124 Å². The molecule has 1 aromatic heterocycles. The van der Waals surface area contributed by atoms with E-state index < -0.39 is 12.0 Å². The first kappa shape index (κ1) is 62.7. The van der Waals surface area contributed by atoms with Gasteiger partial charge in [0.2, 0.25) is 5.78 Å². The van der Waals surface area contributed by atoms with Gasteiger partial charge in [-0.25, -0.2) is 0 Å². The Hall–Kier alpha value is -3.10. The summed E-state index contributed by atoms with van der Waals surface area (Å²) in [4.78, 5) is 57.8. The quantitative estimate of drug-likeness (QED) is 0.0105. The highest BCUT2D eigenvalue weighted by atomic mass is 79.9. The standard InChI is InChI=1S/C29H31Br4NO10.C19H24Br2N2O8/c30-18-14-16-13-17(26(37)21(16)23(32)28(18)43-11-9-41-7-5-39-3-1-35)25-27(38)22-20(34-25)15-19(31)29(24(22)33)44-12-10-42-8-6-40-4-2-36;20-13-9-14-17(15(10-22-14)31-23-12(11-25)1-2-16(26)27)18(21)19(13)30-8-7-29-6-5-28-4-3-24/h14-15,34-36H,1-13H2;9-12,22-24H,1-8H2,(H,26,27)/b25-17-;/t;12-/m.0/s1. The molecule has 0 spiro atoms. The summed E-state index contributed by atoms with van der Waals surface area (Å²) in [6.45, 7) is 4.70. The lowest BCUT2D eigenvalue weighted by Gasteiger charge is -2.14. The number of fused-ring (bicyclic) bond motifs is 3. The lowest BCUT2D eigenvalue weighted by atomic mass is 10.0. The Kier molecular flexibility index (Phi) is 27.9. The van der Waals surface area contributed by atoms with Gasteiger partial charge in [-0.1, -0.05) is 0 Å². The fourth-order valence-corrected chi connectivity index (χ4v) is 11.8. The van der Waals surface area contributed by atoms with Gasteiger partial charge >= 0.3 is 5.97 Å². The third-order valence-electron chi connectivity index (χ3n) is 10.5. The van der Waals surface area contributed by atoms with Gasteiger partial charge in [-0.15, -0.1) is 5.48 Å². The van der Waals surface area contributed by atoms with Crippen LogP contribution in [0.25, 0.3) is 10.9 Å². The number of rotatable bonds is 34. The second-order valence-electron chi connectivity index (χ2n) is 15.6. The molecule has 412 valence electrons. The zero-order chi connectivity index (χ0) is 54.3. The zero-order valence-electron chi connectivity index (χ0n) is 40.1. The van der Waals surface area contributed by atoms with E-state index >= 15 is 0 Å². The fourth-order valence-electron chi connectivity index (χ4n) is 7.10. The van der Waals surface area contributed by atoms with Gasteiger partial charge in [0.15, 0.2) is 11.5 Å². The molecule has 0 bridgehead atoms. The number of carbonyl (C=O) groups is 4. The highest BCUT2D eigenvalue weighted by Crippen LogP contribution is 2.48. The van der Waals surface area contributed by atoms with E-state index in [4.69, 9.17) is 67.9 Å². The Morgan fingerprint density at radius 1 is 0.627 bits per heavy atom. The van der Waals surface area contributed by atoms with E-state index in [-0.39, 0.29) is 89.4 Å². The smallest absolute Gasteiger partial charge is 0.303 e. The average molecular weight is 1440 g/mol. The summed E-state index contributed by atoms with van der Waals surface area (Å²) < 4.78 is 53.0. The highest BCUT2D eigenvalue weighted by molar-refractivity contribution is 9.12. The van der Waals surface area contributed by atoms with Gasteiger partial charge in [0.1, 0.15) is 43.4 Å². The number of carboxylic acid groups (broad SMARTS) is 1. The molecule has 7 N–H and O–H groups in total. The summed E-state index contributed by atoms with van der Waals surface area (Å²) in [5, 5.41) is 38.7. The second kappa shape index (κ2) is 33.4. The summed E-state index contributed by atoms with van der Waals surface area (Å²) in [6.07, 6.45) is 2.44. The third-order valence-corrected chi connectivity index (χ3v) is 14.5. The van der Waals surface area contributed by atoms with E-state index in [1.807, 2.05) is 12.1 Å². The molecule has 1 aliphatic heterocycles. The topological polar surface area (TPSA) is 281 Å². The number of carboxylic acids is 1. The lowest BCUT2D eigenvalue weighted by Crippen LogP contribution is -2.33. The molecule has 1 atom stereocenters. The van der Waals surface area contributed by atoms with Gasteiger partial charge in [0, 0.05) is 30.2 Å². The Bertz CT molecular complexity index is 2500. The highest BCUT2D eigenvalue weighted by Gasteiger charge is 2.39. The molecule has 4 aromatic rings. The number of anilines is 1. The largest absolute Gasteiger partial charge is 0.489 e. The van der Waals surface area contributed by atoms with Crippen LogP contribution >= 0.6 is 95.6 Å². The number of aliphatic carboxylic acids is 1. The summed E-state index contributed by atoms with van der Waals surface area (Å²) in [7, 11) is 0. The Balaban J connectivity index is 0.000000295. The number of halogens is 6. The van der Waals surface area contributed by atoms with Crippen LogP contribution < -0.4 is 29.8 Å². The molecule has 27 heteroatoms. The molecule has 0 unspecified atom stereocenters. The maximum Gasteiger partial charge on any atom is 0.303 e. The zero-order valence-corrected chi connectivity index (χ0v) is 49.6. The van der Waals surface area contributed by atoms with Crippen LogP contribution in [0.5, 0.6) is 23.0 Å². The predicted octanol–water partition coefficient (Wildman–Crippen LogP) is 7.26. The van der Waals surface area contributed by atoms with Crippen molar-refractivity contribution in [3.05, 3.63) is 79.2 Å². The van der Waals surface area contributed by atoms with Gasteiger partial charge in [-0.2, -0.15) is 0 Å². The van der Waals surface area contributed by atoms with Crippen LogP contribution in [0.2, 0.25) is 0 Å². The maximum atomic E-state index is 13.7. The van der Waals surface area contributed by atoms with Crippen LogP contribution in [-0.2, 0) is 44.4 Å². The molecule has 2 aliphatic rings. The Labute approximate surface area is 481 Å². The number of aliphatic hydroxyl groups is 3. The molecule has 75 heavy (non-hydrogen) atoms. The second-order valence-corrected chi connectivity index (χ2v) is 20.6. The molecular formula is C48H55Br6N3O18. The predicted molar refractivity (Wildman–Crippen MR) is 294 cm³/mol. The van der Waals surface area contributed by atoms with Crippen LogP contribution in [0.4, 0.5) is 5.69 Å². The van der Waals surface area contributed by atoms with Gasteiger partial charge in [-0.3, -0.25) is 14.4 Å². The Morgan fingerprint density at radius 2 is 1.09 bits per heavy atom. The van der Waals surface area contributed by atoms with E-state index in [2.05, 4.69) is 111 Å². The number of Topliss-reactive ketones (excluding diaryl/α,β-unsaturated/α-hetero) is 2. The first-order valence-electron chi connectivity index (χ1n) is 23.2. The van der Waals surface area contributed by atoms with Crippen molar-refractivity contribution in [2.45, 2.75) is 25.3 Å². The van der Waals surface area contributed by atoms with Crippen LogP contribution in [0, 0.1) is 0 Å². The minimum absolute atomic E-state index is 0.0217. The first-order valence-corrected chi connectivity index (χ1v) is 27.9. The number of benzene rings is 3. The molecule has 1 aliphatic carbocycles. The molecular weight excluding hydrogens is 1390 g/mol. The average Bonchev–Trinajstić information content (AvgIpc) is 4.05. The van der Waals surface area contributed by atoms with Crippen LogP contribution in [0.15, 0.2) is 62.5 Å². The van der Waals surface area contributed by atoms with Crippen molar-refractivity contribution >= 4 is 136 Å². The number of hydroxylamine groups is 1. The van der Waals surface area contributed by atoms with E-state index in [1.54, 1.807) is 12.3 Å². The van der Waals surface area contributed by atoms with Crippen molar-refractivity contribution in [2.24, 2.45) is 0 Å². The summed E-state index contributed by atoms with van der Waals surface area (Å²) in [5.41, 5.74) is 6.06. The lowest BCUT2D eigenvalue weighted by molar-refractivity contribution is -0.137. The number of H-pyrrole nitrogens is 1. The number of hydrogen-bond donors (Lipinski definition) is 7. The van der Waals surface area contributed by atoms with Crippen LogP contribution in [0.1, 0.15) is 39.1 Å². The number of aromatic nitrogens is 1. The Morgan fingerprint density at radius 3 is 1.60 bits per heavy atom. The number of carbonyl (C=O) groups excluding carboxylic acids is 3. The summed E-state index contributed by atoms with van der Waals surface area (Å²) in [6, 6.07) is 4.64. The van der Waals surface area contributed by atoms with Gasteiger partial charge in [0.05, 0.1) is 160 Å². The van der Waals surface area contributed by atoms with E-state index in [1.165, 1.54) is 0 Å². The molecule has 3 aromatic carbocycles. The monoisotopic (exact) mass is 1430 g/mol. The van der Waals surface area contributed by atoms with Crippen molar-refractivity contribution in [3.63, 3.8) is 0 Å². The van der Waals surface area contributed by atoms with E-state index in [0.29, 0.717) is 150 Å². The summed E-state index contributed by atoms with van der Waals surface area (Å²) >= 11 is 21.2. The molecule has 0 saturated carbocycles. The molecule has 6 rings (SSSR count). The van der Waals surface area contributed by atoms with Gasteiger partial charge < -0.3 is 83.0 Å². The molecule has 0 radical (unpaired) electrons. The summed E-state index contributed by atoms with van der Waals surface area (Å²) in [5.74, 6) is 0.306. The van der Waals surface area contributed by atoms with Gasteiger partial charge in [-0.05, 0) is 126 Å². The fraction of sp³-hybridized carbons (Fsp3) is 0.458. The van der Waals surface area contributed by atoms with Crippen molar-refractivity contribution < 1.29 is 87.1 Å². The maximum absolute atomic E-state index is 13.7. The van der Waals surface area contributed by atoms with Crippen molar-refractivity contribution in [3.8, 4) is 23.0 Å². The minimum atomic E-state index is -0.989. The molecule has 21 nitrogen and oxygen atoms in total. The third kappa shape index (κ3) is 18.2. The molecule has 2 heterocycles. The molecule has 0 amide bonds. The van der Waals surface area contributed by atoms with E-state index in [0.717, 1.165) is 11.1 Å². The van der Waals surface area contributed by atoms with Crippen LogP contribution in [-0.4, -0.2) is 174 Å². The number of nitrogens with one attached hydrogen (secondary N) is 3. The SMILES string of the molecule is O=C1/C(=C2\Nc3cc(Br)c(OCCOCCOCCO)c(Br)c3C2=O)Cc2cc(Br)c(OCCOCCOCCO)c(Br)c21.O=C[C@H](CCC(=O)O)NOc1c[nH]c2cc(Br)c(OCCOCCOCCO)c(Br)c12. The first-order chi connectivity index (χ1) is 36.3. The molecule has 0 fully saturated rings. The molecule has 0 saturated heterocycles. The number of aliphatic hydroxyl groups excluding tert-OH is 3. The number of ether oxygens (including phenoxy) is 9. The number of aldehydes is 1. The number of ketones is 2. The number of allylic oxidation sites excluding steroid dienone is 2. The van der Waals surface area contributed by atoms with Crippen LogP contribution in [0.3, 0.4) is 0 Å². The van der Waals surface area contributed by atoms with E-state index in [9.17, 15) is 19.2 Å². The van der Waals surface area contributed by atoms with Gasteiger partial charge in [0.25, 0.3) is 0 Å². The van der Waals surface area contributed by atoms with Crippen molar-refractivity contribution in [1.29, 1.82) is 0 Å². The minimum Gasteiger partial charge on any atom is -0.489 e. The normalized spacial score (nSPS) is 14.1. The number of hydrogen-bond acceptors (Lipinski definition) is 19. The number of aromatic amines is 1.